The molecule has 1 aliphatic heterocycles. The molecule has 2 aromatic carbocycles. The van der Waals surface area contributed by atoms with Crippen LogP contribution >= 0.6 is 11.8 Å². The molecule has 1 amide bonds. The van der Waals surface area contributed by atoms with Crippen molar-refractivity contribution in [3.05, 3.63) is 64.6 Å². The highest BCUT2D eigenvalue weighted by molar-refractivity contribution is 8.18. The van der Waals surface area contributed by atoms with E-state index in [1.54, 1.807) is 18.2 Å². The fourth-order valence-corrected chi connectivity index (χ4v) is 2.99. The number of ether oxygens (including phenoxy) is 1. The molecule has 0 aliphatic carbocycles. The number of amidine groups is 1. The first-order valence-corrected chi connectivity index (χ1v) is 8.42. The predicted molar refractivity (Wildman–Crippen MR) is 99.5 cm³/mol. The number of thioether (sulfide) groups is 1. The van der Waals surface area contributed by atoms with E-state index in [9.17, 15) is 4.79 Å². The van der Waals surface area contributed by atoms with E-state index >= 15 is 0 Å². The second-order valence-corrected chi connectivity index (χ2v) is 6.36. The largest absolute Gasteiger partial charge is 0.479 e. The maximum atomic E-state index is 12.1. The summed E-state index contributed by atoms with van der Waals surface area (Å²) in [6.07, 6.45) is 1.80. The van der Waals surface area contributed by atoms with Crippen LogP contribution < -0.4 is 10.1 Å². The number of nitrogens with zero attached hydrogens (tertiary/aromatic N) is 2. The van der Waals surface area contributed by atoms with Crippen molar-refractivity contribution in [2.75, 3.05) is 6.61 Å². The van der Waals surface area contributed by atoms with Gasteiger partial charge in [0.15, 0.2) is 11.8 Å². The summed E-state index contributed by atoms with van der Waals surface area (Å²) in [4.78, 5) is 17.1. The monoisotopic (exact) mass is 349 g/mol. The minimum atomic E-state index is -0.166. The molecule has 0 bridgehead atoms. The summed E-state index contributed by atoms with van der Waals surface area (Å²) in [5, 5.41) is 11.8. The van der Waals surface area contributed by atoms with E-state index in [4.69, 9.17) is 10.00 Å². The van der Waals surface area contributed by atoms with E-state index in [0.717, 1.165) is 16.8 Å². The summed E-state index contributed by atoms with van der Waals surface area (Å²) in [6, 6.07) is 16.9. The van der Waals surface area contributed by atoms with Crippen molar-refractivity contribution in [3.8, 4) is 11.8 Å². The third-order valence-corrected chi connectivity index (χ3v) is 4.31. The lowest BCUT2D eigenvalue weighted by atomic mass is 10.2. The van der Waals surface area contributed by atoms with Gasteiger partial charge in [-0.1, -0.05) is 29.8 Å². The van der Waals surface area contributed by atoms with Gasteiger partial charge in [0.25, 0.3) is 5.91 Å². The molecule has 1 saturated heterocycles. The smallest absolute Gasteiger partial charge is 0.264 e. The molecular formula is C19H15N3O2S. The van der Waals surface area contributed by atoms with Crippen LogP contribution in [0.4, 0.5) is 5.69 Å². The van der Waals surface area contributed by atoms with Crippen molar-refractivity contribution in [3.63, 3.8) is 0 Å². The number of nitrogens with one attached hydrogen (secondary N) is 1. The van der Waals surface area contributed by atoms with Gasteiger partial charge in [-0.2, -0.15) is 5.26 Å². The van der Waals surface area contributed by atoms with Gasteiger partial charge in [-0.05, 0) is 54.6 Å². The zero-order chi connectivity index (χ0) is 17.6. The third kappa shape index (κ3) is 4.49. The van der Waals surface area contributed by atoms with E-state index in [1.165, 1.54) is 11.8 Å². The molecule has 6 heteroatoms. The van der Waals surface area contributed by atoms with Gasteiger partial charge in [-0.3, -0.25) is 4.79 Å². The lowest BCUT2D eigenvalue weighted by Crippen LogP contribution is -2.19. The van der Waals surface area contributed by atoms with Gasteiger partial charge in [0.1, 0.15) is 11.8 Å². The maximum absolute atomic E-state index is 12.1. The number of amides is 1. The van der Waals surface area contributed by atoms with Gasteiger partial charge >= 0.3 is 0 Å². The molecule has 0 aromatic heterocycles. The highest BCUT2D eigenvalue weighted by Gasteiger charge is 2.23. The van der Waals surface area contributed by atoms with Crippen LogP contribution in [-0.4, -0.2) is 17.7 Å². The Balaban J connectivity index is 1.72. The predicted octanol–water partition coefficient (Wildman–Crippen LogP) is 3.79. The van der Waals surface area contributed by atoms with Crippen LogP contribution in [0.3, 0.4) is 0 Å². The quantitative estimate of drug-likeness (QED) is 0.852. The summed E-state index contributed by atoms with van der Waals surface area (Å²) >= 11 is 1.31. The third-order valence-electron chi connectivity index (χ3n) is 3.40. The van der Waals surface area contributed by atoms with Gasteiger partial charge in [0.2, 0.25) is 0 Å². The fourth-order valence-electron chi connectivity index (χ4n) is 2.14. The number of nitriles is 1. The summed E-state index contributed by atoms with van der Waals surface area (Å²) in [6.45, 7) is 2.03. The first kappa shape index (κ1) is 16.8. The van der Waals surface area contributed by atoms with Gasteiger partial charge in [-0.15, -0.1) is 0 Å². The van der Waals surface area contributed by atoms with Crippen LogP contribution in [0, 0.1) is 18.3 Å². The Kier molecular flexibility index (Phi) is 5.17. The number of aryl methyl sites for hydroxylation is 1. The molecule has 0 atom stereocenters. The molecule has 0 saturated carbocycles. The van der Waals surface area contributed by atoms with Crippen molar-refractivity contribution in [1.29, 1.82) is 5.26 Å². The molecule has 1 heterocycles. The van der Waals surface area contributed by atoms with Crippen LogP contribution in [0.1, 0.15) is 11.1 Å². The summed E-state index contributed by atoms with van der Waals surface area (Å²) < 4.78 is 5.21. The first-order chi connectivity index (χ1) is 12.1. The fraction of sp³-hybridized carbons (Fsp3) is 0.105. The van der Waals surface area contributed by atoms with Crippen LogP contribution in [-0.2, 0) is 4.79 Å². The molecule has 5 nitrogen and oxygen atoms in total. The van der Waals surface area contributed by atoms with Gasteiger partial charge < -0.3 is 10.1 Å². The Morgan fingerprint density at radius 3 is 2.60 bits per heavy atom. The number of aliphatic imine (C=N–C) groups is 1. The molecule has 3 rings (SSSR count). The SMILES string of the molecule is Cc1ccc(N=C2NC(=O)/C(=C/c3ccc(OCC#N)cc3)S2)cc1. The zero-order valence-corrected chi connectivity index (χ0v) is 14.3. The van der Waals surface area contributed by atoms with Crippen molar-refractivity contribution >= 4 is 34.6 Å². The molecule has 0 unspecified atom stereocenters. The average molecular weight is 349 g/mol. The molecule has 124 valence electrons. The average Bonchev–Trinajstić information content (AvgIpc) is 2.95. The first-order valence-electron chi connectivity index (χ1n) is 7.60. The number of carbonyl (C=O) groups excluding carboxylic acids is 1. The maximum Gasteiger partial charge on any atom is 0.264 e. The number of benzene rings is 2. The van der Waals surface area contributed by atoms with Gasteiger partial charge in [0.05, 0.1) is 10.6 Å². The van der Waals surface area contributed by atoms with Gasteiger partial charge in [-0.25, -0.2) is 4.99 Å². The van der Waals surface area contributed by atoms with E-state index in [0.29, 0.717) is 15.8 Å². The Morgan fingerprint density at radius 1 is 1.20 bits per heavy atom. The van der Waals surface area contributed by atoms with Crippen molar-refractivity contribution in [1.82, 2.24) is 5.32 Å². The van der Waals surface area contributed by atoms with Crippen LogP contribution in [0.25, 0.3) is 6.08 Å². The lowest BCUT2D eigenvalue weighted by molar-refractivity contribution is -0.115. The zero-order valence-electron chi connectivity index (χ0n) is 13.5. The second kappa shape index (κ2) is 7.69. The van der Waals surface area contributed by atoms with Crippen molar-refractivity contribution < 1.29 is 9.53 Å². The number of hydrogen-bond donors (Lipinski definition) is 1. The standard InChI is InChI=1S/C19H15N3O2S/c1-13-2-6-15(7-3-13)21-19-22-18(23)17(25-19)12-14-4-8-16(9-5-14)24-11-10-20/h2-9,12H,11H2,1H3,(H,21,22,23)/b17-12-. The van der Waals surface area contributed by atoms with Crippen molar-refractivity contribution in [2.45, 2.75) is 6.92 Å². The minimum absolute atomic E-state index is 0.0114. The second-order valence-electron chi connectivity index (χ2n) is 5.33. The summed E-state index contributed by atoms with van der Waals surface area (Å²) in [5.41, 5.74) is 2.84. The highest BCUT2D eigenvalue weighted by Crippen LogP contribution is 2.28. The normalized spacial score (nSPS) is 16.7. The van der Waals surface area contributed by atoms with Crippen LogP contribution in [0.15, 0.2) is 58.4 Å². The van der Waals surface area contributed by atoms with Crippen molar-refractivity contribution in [2.24, 2.45) is 4.99 Å². The molecule has 0 spiro atoms. The highest BCUT2D eigenvalue weighted by atomic mass is 32.2. The topological polar surface area (TPSA) is 74.5 Å². The number of hydrogen-bond acceptors (Lipinski definition) is 5. The molecule has 2 aromatic rings. The van der Waals surface area contributed by atoms with E-state index in [-0.39, 0.29) is 12.5 Å². The van der Waals surface area contributed by atoms with Crippen LogP contribution in [0.5, 0.6) is 5.75 Å². The van der Waals surface area contributed by atoms with E-state index in [2.05, 4.69) is 10.3 Å². The number of carbonyl (C=O) groups is 1. The van der Waals surface area contributed by atoms with Crippen LogP contribution in [0.2, 0.25) is 0 Å². The Bertz CT molecular complexity index is 878. The Hall–Kier alpha value is -3.04. The minimum Gasteiger partial charge on any atom is -0.479 e. The molecule has 1 fully saturated rings. The molecule has 1 N–H and O–H groups in total. The van der Waals surface area contributed by atoms with Gasteiger partial charge in [0, 0.05) is 0 Å². The Labute approximate surface area is 150 Å². The Morgan fingerprint density at radius 2 is 1.92 bits per heavy atom. The van der Waals surface area contributed by atoms with E-state index < -0.39 is 0 Å². The summed E-state index contributed by atoms with van der Waals surface area (Å²) in [7, 11) is 0. The molecule has 25 heavy (non-hydrogen) atoms. The summed E-state index contributed by atoms with van der Waals surface area (Å²) in [5.74, 6) is 0.453. The van der Waals surface area contributed by atoms with E-state index in [1.807, 2.05) is 49.4 Å². The molecular weight excluding hydrogens is 334 g/mol. The molecule has 1 aliphatic rings. The number of rotatable bonds is 4. The lowest BCUT2D eigenvalue weighted by Gasteiger charge is -2.01. The molecule has 0 radical (unpaired) electrons.